The van der Waals surface area contributed by atoms with E-state index in [-0.39, 0.29) is 26.0 Å². The van der Waals surface area contributed by atoms with Crippen LogP contribution in [0.4, 0.5) is 0 Å². The van der Waals surface area contributed by atoms with Crippen LogP contribution in [-0.2, 0) is 0 Å². The fourth-order valence-corrected chi connectivity index (χ4v) is 0. The maximum absolute atomic E-state index is 7.62. The monoisotopic (exact) mass is 125 g/mol. The van der Waals surface area contributed by atoms with Crippen LogP contribution in [0.1, 0.15) is 6.92 Å². The van der Waals surface area contributed by atoms with E-state index < -0.39 is 0 Å². The minimum absolute atomic E-state index is 0. The minimum Gasteiger partial charge on any atom is -0.397 e. The molecule has 0 amide bonds. The summed E-state index contributed by atoms with van der Waals surface area (Å²) in [6.07, 6.45) is 0. The van der Waals surface area contributed by atoms with Crippen LogP contribution in [0.15, 0.2) is 0 Å². The fourth-order valence-electron chi connectivity index (χ4n) is 0. The van der Waals surface area contributed by atoms with Gasteiger partial charge in [-0.2, -0.15) is 0 Å². The molecule has 0 unspecified atom stereocenters. The lowest BCUT2D eigenvalue weighted by molar-refractivity contribution is 0.186. The minimum atomic E-state index is -0.125. The Morgan fingerprint density at radius 3 is 1.12 bits per heavy atom. The molecule has 0 fully saturated rings. The first-order valence-electron chi connectivity index (χ1n) is 2.16. The SMILES string of the molecule is CCO.N.OCCO. The Morgan fingerprint density at radius 2 is 1.12 bits per heavy atom. The molecule has 0 aromatic rings. The molecule has 54 valence electrons. The first-order chi connectivity index (χ1) is 3.33. The first-order valence-corrected chi connectivity index (χ1v) is 2.16. The van der Waals surface area contributed by atoms with Crippen molar-refractivity contribution in [3.8, 4) is 0 Å². The fraction of sp³-hybridized carbons (Fsp3) is 1.00. The normalized spacial score (nSPS) is 6.00. The molecular weight excluding hydrogens is 110 g/mol. The Balaban J connectivity index is -0.0000000575. The highest BCUT2D eigenvalue weighted by atomic mass is 16.3. The lowest BCUT2D eigenvalue weighted by Gasteiger charge is -1.70. The zero-order valence-corrected chi connectivity index (χ0v) is 5.17. The molecule has 0 atom stereocenters. The number of rotatable bonds is 1. The lowest BCUT2D eigenvalue weighted by atomic mass is 10.8. The van der Waals surface area contributed by atoms with Gasteiger partial charge in [0.25, 0.3) is 0 Å². The summed E-state index contributed by atoms with van der Waals surface area (Å²) in [6.45, 7) is 1.68. The molecule has 0 saturated carbocycles. The highest BCUT2D eigenvalue weighted by molar-refractivity contribution is 4.06. The molecule has 4 heteroatoms. The van der Waals surface area contributed by atoms with Crippen LogP contribution >= 0.6 is 0 Å². The van der Waals surface area contributed by atoms with E-state index in [1.165, 1.54) is 0 Å². The summed E-state index contributed by atoms with van der Waals surface area (Å²) in [6, 6.07) is 0. The Kier molecular flexibility index (Phi) is 56.6. The van der Waals surface area contributed by atoms with Gasteiger partial charge in [-0.15, -0.1) is 0 Å². The van der Waals surface area contributed by atoms with E-state index in [1.54, 1.807) is 6.92 Å². The summed E-state index contributed by atoms with van der Waals surface area (Å²) in [4.78, 5) is 0. The number of hydrogen-bond acceptors (Lipinski definition) is 4. The van der Waals surface area contributed by atoms with E-state index in [4.69, 9.17) is 15.3 Å². The van der Waals surface area contributed by atoms with Gasteiger partial charge in [0.2, 0.25) is 0 Å². The quantitative estimate of drug-likeness (QED) is 0.366. The van der Waals surface area contributed by atoms with Crippen molar-refractivity contribution in [3.05, 3.63) is 0 Å². The molecule has 4 nitrogen and oxygen atoms in total. The third-order valence-electron chi connectivity index (χ3n) is 0.1000. The van der Waals surface area contributed by atoms with Gasteiger partial charge in [0.05, 0.1) is 13.2 Å². The van der Waals surface area contributed by atoms with Gasteiger partial charge in [0, 0.05) is 6.61 Å². The molecule has 0 aliphatic heterocycles. The highest BCUT2D eigenvalue weighted by Gasteiger charge is 1.58. The van der Waals surface area contributed by atoms with Crippen LogP contribution in [0.2, 0.25) is 0 Å². The molecule has 0 spiro atoms. The molecule has 8 heavy (non-hydrogen) atoms. The van der Waals surface area contributed by atoms with Gasteiger partial charge >= 0.3 is 0 Å². The Morgan fingerprint density at radius 1 is 1.00 bits per heavy atom. The number of aliphatic hydroxyl groups is 3. The van der Waals surface area contributed by atoms with Crippen LogP contribution < -0.4 is 6.15 Å². The van der Waals surface area contributed by atoms with Gasteiger partial charge in [0.15, 0.2) is 0 Å². The van der Waals surface area contributed by atoms with Crippen molar-refractivity contribution in [3.63, 3.8) is 0 Å². The number of hydrogen-bond donors (Lipinski definition) is 4. The Labute approximate surface area is 49.4 Å². The van der Waals surface area contributed by atoms with Crippen molar-refractivity contribution in [2.24, 2.45) is 0 Å². The second kappa shape index (κ2) is 28.9. The highest BCUT2D eigenvalue weighted by Crippen LogP contribution is 1.39. The first kappa shape index (κ1) is 15.7. The Bertz CT molecular complexity index is 18.8. The molecule has 0 bridgehead atoms. The van der Waals surface area contributed by atoms with Gasteiger partial charge in [0.1, 0.15) is 0 Å². The van der Waals surface area contributed by atoms with Gasteiger partial charge in [-0.25, -0.2) is 0 Å². The number of aliphatic hydroxyl groups excluding tert-OH is 3. The zero-order chi connectivity index (χ0) is 6.12. The smallest absolute Gasteiger partial charge is 0.0662 e. The molecule has 0 aromatic heterocycles. The Hall–Kier alpha value is -0.160. The maximum Gasteiger partial charge on any atom is 0.0662 e. The van der Waals surface area contributed by atoms with Crippen molar-refractivity contribution in [2.45, 2.75) is 6.92 Å². The van der Waals surface area contributed by atoms with E-state index in [9.17, 15) is 0 Å². The molecule has 0 saturated heterocycles. The zero-order valence-electron chi connectivity index (χ0n) is 5.17. The van der Waals surface area contributed by atoms with Crippen LogP contribution in [-0.4, -0.2) is 35.1 Å². The molecular formula is C4H15NO3. The maximum atomic E-state index is 7.62. The van der Waals surface area contributed by atoms with Gasteiger partial charge in [-0.1, -0.05) is 0 Å². The predicted octanol–water partition coefficient (Wildman–Crippen LogP) is -0.868. The summed E-state index contributed by atoms with van der Waals surface area (Å²) in [5.74, 6) is 0. The van der Waals surface area contributed by atoms with Crippen molar-refractivity contribution in [1.82, 2.24) is 6.15 Å². The predicted molar refractivity (Wildman–Crippen MR) is 32.0 cm³/mol. The van der Waals surface area contributed by atoms with E-state index in [0.29, 0.717) is 0 Å². The van der Waals surface area contributed by atoms with Gasteiger partial charge < -0.3 is 21.5 Å². The van der Waals surface area contributed by atoms with E-state index in [1.807, 2.05) is 0 Å². The lowest BCUT2D eigenvalue weighted by Crippen LogP contribution is -1.85. The topological polar surface area (TPSA) is 95.7 Å². The standard InChI is InChI=1S/C2H6O2.C2H6O.H3N/c3-1-2-4;1-2-3;/h3-4H,1-2H2;3H,2H2,1H3;1H3. The van der Waals surface area contributed by atoms with Crippen LogP contribution in [0, 0.1) is 0 Å². The largest absolute Gasteiger partial charge is 0.397 e. The molecule has 0 aliphatic rings. The second-order valence-corrected chi connectivity index (χ2v) is 0.763. The van der Waals surface area contributed by atoms with Crippen molar-refractivity contribution >= 4 is 0 Å². The van der Waals surface area contributed by atoms with Gasteiger partial charge in [-0.3, -0.25) is 0 Å². The summed E-state index contributed by atoms with van der Waals surface area (Å²) >= 11 is 0. The molecule has 6 N–H and O–H groups in total. The van der Waals surface area contributed by atoms with Crippen LogP contribution in [0.25, 0.3) is 0 Å². The van der Waals surface area contributed by atoms with Crippen molar-refractivity contribution < 1.29 is 15.3 Å². The second-order valence-electron chi connectivity index (χ2n) is 0.763. The van der Waals surface area contributed by atoms with E-state index >= 15 is 0 Å². The molecule has 0 aliphatic carbocycles. The summed E-state index contributed by atoms with van der Waals surface area (Å²) in [5.41, 5.74) is 0. The molecule has 0 heterocycles. The van der Waals surface area contributed by atoms with Crippen LogP contribution in [0.3, 0.4) is 0 Å². The summed E-state index contributed by atoms with van der Waals surface area (Å²) in [7, 11) is 0. The molecule has 0 rings (SSSR count). The van der Waals surface area contributed by atoms with Crippen molar-refractivity contribution in [1.29, 1.82) is 0 Å². The van der Waals surface area contributed by atoms with Gasteiger partial charge in [-0.05, 0) is 6.92 Å². The third kappa shape index (κ3) is 194. The van der Waals surface area contributed by atoms with Crippen molar-refractivity contribution in [2.75, 3.05) is 19.8 Å². The van der Waals surface area contributed by atoms with Crippen LogP contribution in [0.5, 0.6) is 0 Å². The van der Waals surface area contributed by atoms with E-state index in [2.05, 4.69) is 0 Å². The summed E-state index contributed by atoms with van der Waals surface area (Å²) in [5, 5.41) is 22.8. The average molecular weight is 125 g/mol. The van der Waals surface area contributed by atoms with E-state index in [0.717, 1.165) is 0 Å². The molecule has 0 aromatic carbocycles. The third-order valence-corrected chi connectivity index (χ3v) is 0.1000. The average Bonchev–Trinajstić information content (AvgIpc) is 1.69. The summed E-state index contributed by atoms with van der Waals surface area (Å²) < 4.78 is 0. The molecule has 0 radical (unpaired) electrons.